The fourth-order valence-corrected chi connectivity index (χ4v) is 5.56. The Morgan fingerprint density at radius 1 is 0.891 bits per heavy atom. The van der Waals surface area contributed by atoms with Crippen LogP contribution >= 0.6 is 0 Å². The molecule has 0 aliphatic carbocycles. The second-order valence-electron chi connectivity index (χ2n) is 11.1. The molecule has 4 rings (SSSR count). The molecule has 2 atom stereocenters. The monoisotopic (exact) mass is 660 g/mol. The summed E-state index contributed by atoms with van der Waals surface area (Å²) in [6.07, 6.45) is -2.64. The number of hydrogen-bond donors (Lipinski definition) is 4. The summed E-state index contributed by atoms with van der Waals surface area (Å²) in [6, 6.07) is 20.5. The van der Waals surface area contributed by atoms with Gasteiger partial charge in [0.1, 0.15) is 17.3 Å². The number of nitrogens with one attached hydrogen (secondary N) is 1. The molecule has 0 aliphatic rings. The van der Waals surface area contributed by atoms with Crippen molar-refractivity contribution in [3.8, 4) is 33.9 Å². The molecule has 0 fully saturated rings. The molecule has 2 unspecified atom stereocenters. The summed E-state index contributed by atoms with van der Waals surface area (Å²) in [5.41, 5.74) is 4.30. The molecule has 0 radical (unpaired) electrons. The zero-order valence-corrected chi connectivity index (χ0v) is 25.8. The predicted molar refractivity (Wildman–Crippen MR) is 179 cm³/mol. The van der Waals surface area contributed by atoms with Gasteiger partial charge in [0.05, 0.1) is 44.1 Å². The number of nitrogens with zero attached hydrogens (tertiary/aromatic N) is 1. The number of hydrogen-bond acceptors (Lipinski definition) is 6. The molecule has 1 aromatic heterocycles. The number of carboxylic acids is 1. The van der Waals surface area contributed by atoms with E-state index in [-0.39, 0.29) is 68.9 Å². The molecule has 4 N–H and O–H groups in total. The number of carbonyl (C=O) groups is 2. The van der Waals surface area contributed by atoms with E-state index in [1.165, 1.54) is 26.4 Å². The second-order valence-corrected chi connectivity index (χ2v) is 11.1. The van der Waals surface area contributed by atoms with Gasteiger partial charge in [0.15, 0.2) is 0 Å². The first-order valence-corrected chi connectivity index (χ1v) is 14.7. The van der Waals surface area contributed by atoms with Crippen LogP contribution in [0.25, 0.3) is 22.4 Å². The molecular formula is C35H41CaFN2O7. The van der Waals surface area contributed by atoms with Gasteiger partial charge in [0.25, 0.3) is 5.91 Å². The van der Waals surface area contributed by atoms with Crippen molar-refractivity contribution in [1.29, 1.82) is 0 Å². The molecule has 46 heavy (non-hydrogen) atoms. The van der Waals surface area contributed by atoms with Crippen LogP contribution in [0.3, 0.4) is 0 Å². The number of methoxy groups -OCH3 is 2. The minimum atomic E-state index is -1.20. The summed E-state index contributed by atoms with van der Waals surface area (Å²) < 4.78 is 26.9. The van der Waals surface area contributed by atoms with E-state index in [0.717, 1.165) is 5.56 Å². The van der Waals surface area contributed by atoms with Crippen LogP contribution in [-0.2, 0) is 11.3 Å². The second kappa shape index (κ2) is 16.9. The molecule has 242 valence electrons. The molecule has 0 saturated heterocycles. The van der Waals surface area contributed by atoms with Crippen molar-refractivity contribution in [2.24, 2.45) is 0 Å². The number of aromatic nitrogens is 1. The average molecular weight is 661 g/mol. The quantitative estimate of drug-likeness (QED) is 0.133. The predicted octanol–water partition coefficient (Wildman–Crippen LogP) is 5.41. The molecule has 3 aromatic carbocycles. The van der Waals surface area contributed by atoms with Gasteiger partial charge >= 0.3 is 43.7 Å². The number of aliphatic hydroxyl groups excluding tert-OH is 2. The van der Waals surface area contributed by atoms with Crippen LogP contribution in [0.1, 0.15) is 55.1 Å². The fourth-order valence-electron chi connectivity index (χ4n) is 5.56. The van der Waals surface area contributed by atoms with Crippen LogP contribution in [-0.4, -0.2) is 95.9 Å². The van der Waals surface area contributed by atoms with Crippen molar-refractivity contribution in [2.75, 3.05) is 19.5 Å². The van der Waals surface area contributed by atoms with Crippen LogP contribution in [0.4, 0.5) is 10.1 Å². The number of aliphatic hydroxyl groups is 2. The number of rotatable bonds is 14. The summed E-state index contributed by atoms with van der Waals surface area (Å²) in [5.74, 6) is -1.11. The first-order chi connectivity index (χ1) is 21.5. The van der Waals surface area contributed by atoms with E-state index in [1.807, 2.05) is 48.7 Å². The van der Waals surface area contributed by atoms with Gasteiger partial charge in [-0.1, -0.05) is 44.2 Å². The van der Waals surface area contributed by atoms with Gasteiger partial charge in [0, 0.05) is 41.7 Å². The number of carboxylic acid groups (broad SMARTS) is 1. The Morgan fingerprint density at radius 2 is 1.50 bits per heavy atom. The standard InChI is InChI=1S/C35H39FN2O7.Ca.2H/c1-21(2)33-32(35(43)37-25-16-28(44-3)20-29(17-25)45-4)31(22-8-6-5-7-9-22)34(23-10-12-24(36)13-11-23)38(33)15-14-26(39)18-27(40)19-30(41)42;;;/h5-13,16-17,20-21,26-27,39-40H,14-15,18-19H2,1-4H3,(H,37,43)(H,41,42);;;. The SMILES string of the molecule is COc1cc(NC(=O)c2c(-c3ccccc3)c(-c3ccc(F)cc3)n(CCC(O)CC(O)CC(=O)O)c2C(C)C)cc(OC)c1.[CaH2]. The van der Waals surface area contributed by atoms with Crippen LogP contribution in [0.15, 0.2) is 72.8 Å². The number of halogens is 1. The molecule has 1 heterocycles. The van der Waals surface area contributed by atoms with Crippen molar-refractivity contribution in [3.05, 3.63) is 89.9 Å². The maximum atomic E-state index is 14.4. The summed E-state index contributed by atoms with van der Waals surface area (Å²) in [7, 11) is 3.05. The summed E-state index contributed by atoms with van der Waals surface area (Å²) in [5, 5.41) is 32.9. The van der Waals surface area contributed by atoms with E-state index in [4.69, 9.17) is 14.6 Å². The Balaban J connectivity index is 0.00000576. The number of aliphatic carboxylic acids is 1. The molecular weight excluding hydrogens is 619 g/mol. The molecule has 4 aromatic rings. The minimum absolute atomic E-state index is 0. The Bertz CT molecular complexity index is 1600. The zero-order chi connectivity index (χ0) is 32.7. The molecule has 11 heteroatoms. The van der Waals surface area contributed by atoms with Crippen molar-refractivity contribution >= 4 is 55.3 Å². The molecule has 0 bridgehead atoms. The van der Waals surface area contributed by atoms with Crippen molar-refractivity contribution in [3.63, 3.8) is 0 Å². The van der Waals surface area contributed by atoms with E-state index < -0.39 is 30.4 Å². The van der Waals surface area contributed by atoms with Gasteiger partial charge in [-0.2, -0.15) is 0 Å². The maximum absolute atomic E-state index is 14.4. The molecule has 9 nitrogen and oxygen atoms in total. The van der Waals surface area contributed by atoms with E-state index >= 15 is 0 Å². The van der Waals surface area contributed by atoms with Crippen molar-refractivity contribution in [1.82, 2.24) is 4.57 Å². The fraction of sp³-hybridized carbons (Fsp3) is 0.314. The Morgan fingerprint density at radius 3 is 2.04 bits per heavy atom. The third kappa shape index (κ3) is 9.10. The van der Waals surface area contributed by atoms with Crippen molar-refractivity contribution < 1.29 is 38.8 Å². The summed E-state index contributed by atoms with van der Waals surface area (Å²) in [4.78, 5) is 25.4. The van der Waals surface area contributed by atoms with Gasteiger partial charge in [-0.15, -0.1) is 0 Å². The summed E-state index contributed by atoms with van der Waals surface area (Å²) in [6.45, 7) is 4.17. The molecule has 0 saturated carbocycles. The number of carbonyl (C=O) groups excluding carboxylic acids is 1. The molecule has 1 amide bonds. The van der Waals surface area contributed by atoms with Crippen molar-refractivity contribution in [2.45, 2.75) is 57.8 Å². The topological polar surface area (TPSA) is 130 Å². The number of ether oxygens (including phenoxy) is 2. The van der Waals surface area contributed by atoms with Gasteiger partial charge in [-0.3, -0.25) is 9.59 Å². The Kier molecular flexibility index (Phi) is 13.6. The van der Waals surface area contributed by atoms with Crippen LogP contribution in [0.2, 0.25) is 0 Å². The van der Waals surface area contributed by atoms with Crippen LogP contribution in [0.5, 0.6) is 11.5 Å². The third-order valence-corrected chi connectivity index (χ3v) is 7.51. The van der Waals surface area contributed by atoms with Crippen LogP contribution in [0, 0.1) is 5.82 Å². The van der Waals surface area contributed by atoms with E-state index in [9.17, 15) is 24.2 Å². The first-order valence-electron chi connectivity index (χ1n) is 14.7. The van der Waals surface area contributed by atoms with Gasteiger partial charge < -0.3 is 34.7 Å². The third-order valence-electron chi connectivity index (χ3n) is 7.51. The number of amides is 1. The zero-order valence-electron chi connectivity index (χ0n) is 25.8. The van der Waals surface area contributed by atoms with Gasteiger partial charge in [-0.05, 0) is 54.2 Å². The van der Waals surface area contributed by atoms with E-state index in [0.29, 0.717) is 45.3 Å². The van der Waals surface area contributed by atoms with E-state index in [2.05, 4.69) is 5.32 Å². The Labute approximate surface area is 298 Å². The van der Waals surface area contributed by atoms with Gasteiger partial charge in [0.2, 0.25) is 0 Å². The number of benzene rings is 3. The van der Waals surface area contributed by atoms with Gasteiger partial charge in [-0.25, -0.2) is 4.39 Å². The first kappa shape index (κ1) is 37.1. The average Bonchev–Trinajstić information content (AvgIpc) is 3.35. The normalized spacial score (nSPS) is 12.3. The summed E-state index contributed by atoms with van der Waals surface area (Å²) >= 11 is 0. The molecule has 0 aliphatic heterocycles. The van der Waals surface area contributed by atoms with Crippen LogP contribution < -0.4 is 14.8 Å². The Hall–Kier alpha value is -3.41. The van der Waals surface area contributed by atoms with E-state index in [1.54, 1.807) is 30.3 Å². The molecule has 0 spiro atoms. The number of anilines is 1.